The lowest BCUT2D eigenvalue weighted by atomic mass is 10.1. The van der Waals surface area contributed by atoms with Crippen LogP contribution in [0.3, 0.4) is 0 Å². The quantitative estimate of drug-likeness (QED) is 0.410. The molecule has 0 spiro atoms. The van der Waals surface area contributed by atoms with Crippen LogP contribution in [0.4, 0.5) is 10.3 Å². The largest absolute Gasteiger partial charge is 0.459 e. The van der Waals surface area contributed by atoms with Crippen LogP contribution in [-0.2, 0) is 11.2 Å². The molecule has 0 atom stereocenters. The van der Waals surface area contributed by atoms with Crippen LogP contribution in [0.2, 0.25) is 0 Å². The molecule has 4 aromatic rings. The van der Waals surface area contributed by atoms with Crippen molar-refractivity contribution in [1.29, 1.82) is 5.26 Å². The van der Waals surface area contributed by atoms with Gasteiger partial charge in [-0.3, -0.25) is 4.79 Å². The number of halogens is 1. The number of furan rings is 1. The Hall–Kier alpha value is -4.46. The van der Waals surface area contributed by atoms with Gasteiger partial charge in [0.1, 0.15) is 11.9 Å². The number of carbonyl (C=O) groups is 1. The molecule has 1 amide bonds. The molecule has 0 N–H and O–H groups in total. The first-order valence-corrected chi connectivity index (χ1v) is 11.1. The average molecular weight is 476 g/mol. The smallest absolute Gasteiger partial charge is 0.266 e. The molecule has 0 saturated carbocycles. The Kier molecular flexibility index (Phi) is 6.01. The van der Waals surface area contributed by atoms with E-state index in [2.05, 4.69) is 21.2 Å². The van der Waals surface area contributed by atoms with Crippen LogP contribution in [-0.4, -0.2) is 52.1 Å². The minimum absolute atomic E-state index is 0.0311. The predicted octanol–water partition coefficient (Wildman–Crippen LogP) is 3.59. The number of nitrogens with zero attached hydrogens (tertiary/aromatic N) is 6. The Labute approximate surface area is 199 Å². The Bertz CT molecular complexity index is 1380. The van der Waals surface area contributed by atoms with Gasteiger partial charge in [-0.15, -0.1) is 0 Å². The molecule has 1 aromatic carbocycles. The fourth-order valence-corrected chi connectivity index (χ4v) is 3.89. The van der Waals surface area contributed by atoms with Gasteiger partial charge in [0.25, 0.3) is 5.89 Å². The van der Waals surface area contributed by atoms with Crippen molar-refractivity contribution in [3.8, 4) is 29.1 Å². The second kappa shape index (κ2) is 9.42. The number of nitriles is 1. The fourth-order valence-electron chi connectivity index (χ4n) is 3.89. The molecule has 11 heteroatoms. The second-order valence-electron chi connectivity index (χ2n) is 8.11. The van der Waals surface area contributed by atoms with Gasteiger partial charge in [0.2, 0.25) is 29.2 Å². The monoisotopic (exact) mass is 476 g/mol. The van der Waals surface area contributed by atoms with Crippen molar-refractivity contribution in [1.82, 2.24) is 20.0 Å². The summed E-state index contributed by atoms with van der Waals surface area (Å²) in [6.45, 7) is 3.62. The van der Waals surface area contributed by atoms with Crippen molar-refractivity contribution in [3.05, 3.63) is 59.6 Å². The SMILES string of the molecule is Cc1cc(-c2noc(CCC(=O)N3CCN(c4oc(-c5ccco5)nc4C#N)CC3)n2)ccc1F. The topological polar surface area (TPSA) is 125 Å². The molecule has 178 valence electrons. The van der Waals surface area contributed by atoms with Crippen LogP contribution >= 0.6 is 0 Å². The zero-order chi connectivity index (χ0) is 24.4. The number of carbonyl (C=O) groups excluding carboxylic acids is 1. The molecule has 1 saturated heterocycles. The van der Waals surface area contributed by atoms with Crippen molar-refractivity contribution in [2.24, 2.45) is 0 Å². The van der Waals surface area contributed by atoms with Crippen molar-refractivity contribution in [3.63, 3.8) is 0 Å². The van der Waals surface area contributed by atoms with Gasteiger partial charge in [-0.25, -0.2) is 4.39 Å². The fraction of sp³-hybridized carbons (Fsp3) is 0.292. The normalized spacial score (nSPS) is 13.7. The maximum absolute atomic E-state index is 13.5. The maximum Gasteiger partial charge on any atom is 0.266 e. The van der Waals surface area contributed by atoms with Gasteiger partial charge in [0, 0.05) is 44.6 Å². The molecule has 0 bridgehead atoms. The zero-order valence-electron chi connectivity index (χ0n) is 18.9. The first kappa shape index (κ1) is 22.3. The van der Waals surface area contributed by atoms with Crippen LogP contribution in [0.25, 0.3) is 23.0 Å². The zero-order valence-corrected chi connectivity index (χ0v) is 18.9. The third-order valence-corrected chi connectivity index (χ3v) is 5.80. The molecule has 3 aromatic heterocycles. The lowest BCUT2D eigenvalue weighted by molar-refractivity contribution is -0.131. The molecule has 4 heterocycles. The Balaban J connectivity index is 1.16. The molecule has 0 radical (unpaired) electrons. The minimum Gasteiger partial charge on any atom is -0.459 e. The van der Waals surface area contributed by atoms with Gasteiger partial charge in [-0.1, -0.05) is 5.16 Å². The number of amides is 1. The van der Waals surface area contributed by atoms with E-state index in [1.807, 2.05) is 4.90 Å². The summed E-state index contributed by atoms with van der Waals surface area (Å²) in [5, 5.41) is 13.4. The van der Waals surface area contributed by atoms with Gasteiger partial charge in [0.05, 0.1) is 6.26 Å². The number of hydrogen-bond acceptors (Lipinski definition) is 9. The Morgan fingerprint density at radius 3 is 2.74 bits per heavy atom. The highest BCUT2D eigenvalue weighted by Gasteiger charge is 2.27. The average Bonchev–Trinajstić information content (AvgIpc) is 3.65. The van der Waals surface area contributed by atoms with Crippen LogP contribution in [0, 0.1) is 24.1 Å². The second-order valence-corrected chi connectivity index (χ2v) is 8.11. The van der Waals surface area contributed by atoms with Crippen molar-refractivity contribution in [2.75, 3.05) is 31.1 Å². The van der Waals surface area contributed by atoms with E-state index in [0.29, 0.717) is 67.1 Å². The van der Waals surface area contributed by atoms with E-state index in [4.69, 9.17) is 13.4 Å². The van der Waals surface area contributed by atoms with Gasteiger partial charge >= 0.3 is 0 Å². The first-order chi connectivity index (χ1) is 17.0. The summed E-state index contributed by atoms with van der Waals surface area (Å²) >= 11 is 0. The van der Waals surface area contributed by atoms with E-state index in [-0.39, 0.29) is 29.7 Å². The highest BCUT2D eigenvalue weighted by atomic mass is 19.1. The van der Waals surface area contributed by atoms with Crippen molar-refractivity contribution >= 4 is 11.8 Å². The van der Waals surface area contributed by atoms with Crippen molar-refractivity contribution < 1.29 is 22.5 Å². The molecule has 1 aliphatic heterocycles. The lowest BCUT2D eigenvalue weighted by Gasteiger charge is -2.34. The summed E-state index contributed by atoms with van der Waals surface area (Å²) in [7, 11) is 0. The summed E-state index contributed by atoms with van der Waals surface area (Å²) in [6.07, 6.45) is 2.03. The Morgan fingerprint density at radius 1 is 1.20 bits per heavy atom. The van der Waals surface area contributed by atoms with Gasteiger partial charge in [0.15, 0.2) is 5.76 Å². The number of aryl methyl sites for hydroxylation is 2. The van der Waals surface area contributed by atoms with Crippen LogP contribution in [0.5, 0.6) is 0 Å². The predicted molar refractivity (Wildman–Crippen MR) is 120 cm³/mol. The molecular formula is C24H21FN6O4. The van der Waals surface area contributed by atoms with E-state index in [1.54, 1.807) is 36.1 Å². The summed E-state index contributed by atoms with van der Waals surface area (Å²) in [5.41, 5.74) is 1.33. The van der Waals surface area contributed by atoms with Gasteiger partial charge in [-0.2, -0.15) is 15.2 Å². The molecule has 1 aliphatic rings. The molecule has 1 fully saturated rings. The van der Waals surface area contributed by atoms with Crippen LogP contribution < -0.4 is 4.90 Å². The van der Waals surface area contributed by atoms with Gasteiger partial charge in [-0.05, 0) is 42.8 Å². The molecule has 5 rings (SSSR count). The molecule has 35 heavy (non-hydrogen) atoms. The number of rotatable bonds is 6. The molecular weight excluding hydrogens is 455 g/mol. The van der Waals surface area contributed by atoms with E-state index in [9.17, 15) is 14.4 Å². The number of oxazole rings is 1. The highest BCUT2D eigenvalue weighted by Crippen LogP contribution is 2.29. The first-order valence-electron chi connectivity index (χ1n) is 11.1. The summed E-state index contributed by atoms with van der Waals surface area (Å²) < 4.78 is 29.8. The maximum atomic E-state index is 13.5. The molecule has 10 nitrogen and oxygen atoms in total. The van der Waals surface area contributed by atoms with Crippen molar-refractivity contribution in [2.45, 2.75) is 19.8 Å². The van der Waals surface area contributed by atoms with E-state index in [1.165, 1.54) is 12.3 Å². The number of anilines is 1. The number of hydrogen-bond donors (Lipinski definition) is 0. The standard InChI is InChI=1S/C24H21FN6O4/c1-15-13-16(4-5-17(15)25)22-28-20(35-29-22)6-7-21(32)30-8-10-31(11-9-30)24-18(14-26)27-23(34-24)19-3-2-12-33-19/h2-5,12-13H,6-11H2,1H3. The number of aromatic nitrogens is 3. The van der Waals surface area contributed by atoms with E-state index < -0.39 is 0 Å². The highest BCUT2D eigenvalue weighted by molar-refractivity contribution is 5.76. The molecule has 0 unspecified atom stereocenters. The van der Waals surface area contributed by atoms with Gasteiger partial charge < -0.3 is 23.2 Å². The van der Waals surface area contributed by atoms with Crippen LogP contribution in [0.15, 0.2) is 50.0 Å². The number of piperazine rings is 1. The summed E-state index contributed by atoms with van der Waals surface area (Å²) in [4.78, 5) is 24.9. The molecule has 0 aliphatic carbocycles. The third-order valence-electron chi connectivity index (χ3n) is 5.80. The summed E-state index contributed by atoms with van der Waals surface area (Å²) in [6, 6.07) is 10.1. The minimum atomic E-state index is -0.298. The number of benzene rings is 1. The lowest BCUT2D eigenvalue weighted by Crippen LogP contribution is -2.49. The summed E-state index contributed by atoms with van der Waals surface area (Å²) in [5.74, 6) is 1.44. The van der Waals surface area contributed by atoms with E-state index >= 15 is 0 Å². The van der Waals surface area contributed by atoms with E-state index in [0.717, 1.165) is 0 Å². The van der Waals surface area contributed by atoms with Crippen LogP contribution in [0.1, 0.15) is 23.6 Å². The Morgan fingerprint density at radius 2 is 2.03 bits per heavy atom. The third kappa shape index (κ3) is 4.63.